The molecule has 0 spiro atoms. The van der Waals surface area contributed by atoms with Crippen LogP contribution in [0.2, 0.25) is 5.02 Å². The van der Waals surface area contributed by atoms with E-state index in [0.29, 0.717) is 16.4 Å². The fourth-order valence-electron chi connectivity index (χ4n) is 1.44. The number of carboxylic acids is 1. The monoisotopic (exact) mass is 264 g/mol. The fourth-order valence-corrected chi connectivity index (χ4v) is 1.63. The van der Waals surface area contributed by atoms with E-state index in [-0.39, 0.29) is 11.4 Å². The first-order valence-corrected chi connectivity index (χ1v) is 5.40. The number of nitrogens with zero attached hydrogens (tertiary/aromatic N) is 2. The number of methoxy groups -OCH3 is 1. The number of rotatable bonds is 3. The zero-order valence-corrected chi connectivity index (χ0v) is 10.2. The molecule has 0 unspecified atom stereocenters. The normalized spacial score (nSPS) is 10.1. The lowest BCUT2D eigenvalue weighted by Crippen LogP contribution is -2.04. The van der Waals surface area contributed by atoms with Crippen LogP contribution in [-0.4, -0.2) is 28.2 Å². The van der Waals surface area contributed by atoms with Gasteiger partial charge in [0.05, 0.1) is 7.11 Å². The first-order chi connectivity index (χ1) is 8.61. The first kappa shape index (κ1) is 12.3. The van der Waals surface area contributed by atoms with Crippen LogP contribution in [0.15, 0.2) is 30.5 Å². The van der Waals surface area contributed by atoms with E-state index in [0.717, 1.165) is 0 Å². The number of hydrogen-bond donors (Lipinski definition) is 1. The van der Waals surface area contributed by atoms with Crippen LogP contribution in [0.4, 0.5) is 0 Å². The lowest BCUT2D eigenvalue weighted by atomic mass is 10.2. The molecule has 2 rings (SSSR count). The second-order valence-electron chi connectivity index (χ2n) is 3.43. The molecule has 92 valence electrons. The van der Waals surface area contributed by atoms with Crippen LogP contribution in [-0.2, 0) is 0 Å². The molecule has 18 heavy (non-hydrogen) atoms. The molecule has 0 bridgehead atoms. The van der Waals surface area contributed by atoms with Crippen LogP contribution in [0.25, 0.3) is 11.4 Å². The SMILES string of the molecule is COc1nc(-c2cccc(Cl)c2)ncc1C(=O)O. The van der Waals surface area contributed by atoms with Crippen LogP contribution in [0.5, 0.6) is 5.88 Å². The summed E-state index contributed by atoms with van der Waals surface area (Å²) < 4.78 is 4.93. The molecule has 1 aromatic heterocycles. The summed E-state index contributed by atoms with van der Waals surface area (Å²) in [5.41, 5.74) is 0.612. The molecule has 1 heterocycles. The van der Waals surface area contributed by atoms with Crippen LogP contribution in [0.1, 0.15) is 10.4 Å². The van der Waals surface area contributed by atoms with E-state index >= 15 is 0 Å². The molecule has 0 saturated carbocycles. The summed E-state index contributed by atoms with van der Waals surface area (Å²) in [6, 6.07) is 6.96. The average Bonchev–Trinajstić information content (AvgIpc) is 2.37. The number of aromatic nitrogens is 2. The number of benzene rings is 1. The van der Waals surface area contributed by atoms with Crippen molar-refractivity contribution in [3.05, 3.63) is 41.0 Å². The van der Waals surface area contributed by atoms with Crippen LogP contribution >= 0.6 is 11.6 Å². The summed E-state index contributed by atoms with van der Waals surface area (Å²) in [5, 5.41) is 9.47. The standard InChI is InChI=1S/C12H9ClN2O3/c1-18-11-9(12(16)17)6-14-10(15-11)7-3-2-4-8(13)5-7/h2-6H,1H3,(H,16,17). The van der Waals surface area contributed by atoms with Gasteiger partial charge >= 0.3 is 5.97 Å². The summed E-state index contributed by atoms with van der Waals surface area (Å²) in [7, 11) is 1.36. The van der Waals surface area contributed by atoms with Gasteiger partial charge in [0.2, 0.25) is 5.88 Å². The number of aromatic carboxylic acids is 1. The maximum atomic E-state index is 10.9. The Hall–Kier alpha value is -2.14. The highest BCUT2D eigenvalue weighted by Gasteiger charge is 2.14. The number of halogens is 1. The van der Waals surface area contributed by atoms with Crippen LogP contribution < -0.4 is 4.74 Å². The van der Waals surface area contributed by atoms with Crippen molar-refractivity contribution in [3.63, 3.8) is 0 Å². The third kappa shape index (κ3) is 2.41. The summed E-state index contributed by atoms with van der Waals surface area (Å²) in [5.74, 6) is -0.753. The van der Waals surface area contributed by atoms with Gasteiger partial charge < -0.3 is 9.84 Å². The maximum absolute atomic E-state index is 10.9. The summed E-state index contributed by atoms with van der Waals surface area (Å²) in [6.45, 7) is 0. The van der Waals surface area contributed by atoms with Gasteiger partial charge in [0.1, 0.15) is 5.56 Å². The maximum Gasteiger partial charge on any atom is 0.342 e. The van der Waals surface area contributed by atoms with E-state index in [4.69, 9.17) is 21.4 Å². The van der Waals surface area contributed by atoms with E-state index in [1.54, 1.807) is 24.3 Å². The van der Waals surface area contributed by atoms with Crippen molar-refractivity contribution >= 4 is 17.6 Å². The molecule has 0 amide bonds. The minimum Gasteiger partial charge on any atom is -0.480 e. The molecule has 0 aliphatic heterocycles. The van der Waals surface area contributed by atoms with Gasteiger partial charge in [-0.2, -0.15) is 4.98 Å². The summed E-state index contributed by atoms with van der Waals surface area (Å²) in [4.78, 5) is 18.9. The van der Waals surface area contributed by atoms with Gasteiger partial charge in [0, 0.05) is 16.8 Å². The van der Waals surface area contributed by atoms with Crippen molar-refractivity contribution in [2.75, 3.05) is 7.11 Å². The number of carboxylic acid groups (broad SMARTS) is 1. The van der Waals surface area contributed by atoms with Crippen molar-refractivity contribution in [1.29, 1.82) is 0 Å². The predicted octanol–water partition coefficient (Wildman–Crippen LogP) is 2.50. The number of carbonyl (C=O) groups is 1. The summed E-state index contributed by atoms with van der Waals surface area (Å²) >= 11 is 5.87. The van der Waals surface area contributed by atoms with E-state index in [9.17, 15) is 4.79 Å². The quantitative estimate of drug-likeness (QED) is 0.922. The topological polar surface area (TPSA) is 72.3 Å². The Morgan fingerprint density at radius 1 is 1.44 bits per heavy atom. The van der Waals surface area contributed by atoms with Gasteiger partial charge in [-0.15, -0.1) is 0 Å². The molecule has 1 aromatic carbocycles. The summed E-state index contributed by atoms with van der Waals surface area (Å²) in [6.07, 6.45) is 1.21. The van der Waals surface area contributed by atoms with Gasteiger partial charge in [-0.25, -0.2) is 9.78 Å². The molecule has 0 fully saturated rings. The molecule has 6 heteroatoms. The lowest BCUT2D eigenvalue weighted by Gasteiger charge is -2.06. The molecule has 5 nitrogen and oxygen atoms in total. The van der Waals surface area contributed by atoms with Crippen molar-refractivity contribution in [3.8, 4) is 17.3 Å². The molecule has 1 N–H and O–H groups in total. The Kier molecular flexibility index (Phi) is 3.43. The Morgan fingerprint density at radius 2 is 2.22 bits per heavy atom. The van der Waals surface area contributed by atoms with Crippen LogP contribution in [0.3, 0.4) is 0 Å². The highest BCUT2D eigenvalue weighted by molar-refractivity contribution is 6.30. The van der Waals surface area contributed by atoms with E-state index < -0.39 is 5.97 Å². The smallest absolute Gasteiger partial charge is 0.342 e. The molecular weight excluding hydrogens is 256 g/mol. The zero-order valence-electron chi connectivity index (χ0n) is 9.42. The van der Waals surface area contributed by atoms with E-state index in [1.807, 2.05) is 0 Å². The fraction of sp³-hybridized carbons (Fsp3) is 0.0833. The Morgan fingerprint density at radius 3 is 2.83 bits per heavy atom. The molecule has 0 atom stereocenters. The van der Waals surface area contributed by atoms with Crippen molar-refractivity contribution < 1.29 is 14.6 Å². The Balaban J connectivity index is 2.51. The Bertz CT molecular complexity index is 602. The highest BCUT2D eigenvalue weighted by Crippen LogP contribution is 2.22. The molecule has 0 radical (unpaired) electrons. The lowest BCUT2D eigenvalue weighted by molar-refractivity contribution is 0.0692. The predicted molar refractivity (Wildman–Crippen MR) is 66.0 cm³/mol. The van der Waals surface area contributed by atoms with Gasteiger partial charge in [-0.1, -0.05) is 23.7 Å². The van der Waals surface area contributed by atoms with Gasteiger partial charge in [0.15, 0.2) is 5.82 Å². The largest absolute Gasteiger partial charge is 0.480 e. The van der Waals surface area contributed by atoms with Crippen molar-refractivity contribution in [1.82, 2.24) is 9.97 Å². The second kappa shape index (κ2) is 5.01. The third-order valence-electron chi connectivity index (χ3n) is 2.26. The third-order valence-corrected chi connectivity index (χ3v) is 2.50. The molecule has 0 saturated heterocycles. The highest BCUT2D eigenvalue weighted by atomic mass is 35.5. The van der Waals surface area contributed by atoms with Crippen LogP contribution in [0, 0.1) is 0 Å². The second-order valence-corrected chi connectivity index (χ2v) is 3.87. The van der Waals surface area contributed by atoms with Gasteiger partial charge in [0.25, 0.3) is 0 Å². The molecule has 0 aliphatic carbocycles. The first-order valence-electron chi connectivity index (χ1n) is 5.02. The average molecular weight is 265 g/mol. The number of ether oxygens (including phenoxy) is 1. The molecule has 2 aromatic rings. The molecule has 0 aliphatic rings. The Labute approximate surface area is 108 Å². The molecular formula is C12H9ClN2O3. The van der Waals surface area contributed by atoms with Gasteiger partial charge in [-0.05, 0) is 12.1 Å². The minimum absolute atomic E-state index is 0.0208. The minimum atomic E-state index is -1.13. The van der Waals surface area contributed by atoms with Crippen molar-refractivity contribution in [2.24, 2.45) is 0 Å². The van der Waals surface area contributed by atoms with E-state index in [1.165, 1.54) is 13.3 Å². The number of hydrogen-bond acceptors (Lipinski definition) is 4. The van der Waals surface area contributed by atoms with E-state index in [2.05, 4.69) is 9.97 Å². The van der Waals surface area contributed by atoms with Crippen molar-refractivity contribution in [2.45, 2.75) is 0 Å². The van der Waals surface area contributed by atoms with Gasteiger partial charge in [-0.3, -0.25) is 0 Å². The zero-order chi connectivity index (χ0) is 13.1.